The molecule has 14 heteroatoms. The van der Waals surface area contributed by atoms with Crippen molar-refractivity contribution in [3.63, 3.8) is 0 Å². The highest BCUT2D eigenvalue weighted by Gasteiger charge is 2.64. The summed E-state index contributed by atoms with van der Waals surface area (Å²) in [5.41, 5.74) is 2.54. The zero-order valence-corrected chi connectivity index (χ0v) is 25.9. The van der Waals surface area contributed by atoms with Gasteiger partial charge in [0, 0.05) is 31.3 Å². The summed E-state index contributed by atoms with van der Waals surface area (Å²) in [7, 11) is 6.61. The average molecular weight is 622 g/mol. The fraction of sp³-hybridized carbons (Fsp3) is 0.517. The van der Waals surface area contributed by atoms with Crippen molar-refractivity contribution < 1.29 is 39.6 Å². The van der Waals surface area contributed by atoms with Gasteiger partial charge in [0.25, 0.3) is 5.91 Å². The summed E-state index contributed by atoms with van der Waals surface area (Å²) in [5, 5.41) is 48.3. The molecule has 0 heterocycles. The van der Waals surface area contributed by atoms with Crippen molar-refractivity contribution in [2.75, 3.05) is 58.0 Å². The van der Waals surface area contributed by atoms with Gasteiger partial charge in [-0.1, -0.05) is 13.8 Å². The molecule has 0 aromatic heterocycles. The highest BCUT2D eigenvalue weighted by Crippen LogP contribution is 2.54. The molecule has 7 N–H and O–H groups in total. The molecule has 4 rings (SSSR count). The summed E-state index contributed by atoms with van der Waals surface area (Å²) in [6.45, 7) is 5.19. The van der Waals surface area contributed by atoms with E-state index in [0.717, 1.165) is 0 Å². The fourth-order valence-electron chi connectivity index (χ4n) is 6.63. The van der Waals surface area contributed by atoms with Crippen LogP contribution in [0.15, 0.2) is 23.0 Å². The summed E-state index contributed by atoms with van der Waals surface area (Å²) in [5.74, 6) is -7.67. The van der Waals surface area contributed by atoms with E-state index in [-0.39, 0.29) is 54.5 Å². The van der Waals surface area contributed by atoms with E-state index in [2.05, 4.69) is 5.32 Å². The van der Waals surface area contributed by atoms with Crippen LogP contribution >= 0.6 is 12.4 Å². The molecule has 3 unspecified atom stereocenters. The lowest BCUT2D eigenvalue weighted by atomic mass is 9.57. The van der Waals surface area contributed by atoms with Crippen LogP contribution < -0.4 is 16.0 Å². The first-order valence-corrected chi connectivity index (χ1v) is 13.8. The van der Waals surface area contributed by atoms with Gasteiger partial charge >= 0.3 is 0 Å². The predicted molar refractivity (Wildman–Crippen MR) is 162 cm³/mol. The summed E-state index contributed by atoms with van der Waals surface area (Å²) in [6.07, 6.45) is 0.130. The minimum Gasteiger partial charge on any atom is -0.508 e. The molecule has 43 heavy (non-hydrogen) atoms. The number of carbonyl (C=O) groups is 4. The second-order valence-electron chi connectivity index (χ2n) is 11.5. The van der Waals surface area contributed by atoms with Crippen LogP contribution in [0.4, 0.5) is 11.4 Å². The molecule has 3 aliphatic rings. The van der Waals surface area contributed by atoms with E-state index in [1.165, 1.54) is 4.90 Å². The molecule has 1 aromatic rings. The Bertz CT molecular complexity index is 1430. The van der Waals surface area contributed by atoms with Gasteiger partial charge < -0.3 is 36.4 Å². The minimum absolute atomic E-state index is 0. The highest BCUT2D eigenvalue weighted by atomic mass is 35.5. The number of aliphatic hydroxyl groups excluding tert-OH is 2. The summed E-state index contributed by atoms with van der Waals surface area (Å²) in [6, 6.07) is 0.432. The molecule has 0 aliphatic heterocycles. The SMILES string of the molecule is CCN(CC)CC(=O)Nc1cc(N(C)C)c2c(c1O)C(O)=C1C(=O)C3(O)C(O)=C(C(N)=O)C(=O)[C@@H](N(C)C)C3CC1C2.Cl. The van der Waals surface area contributed by atoms with E-state index in [1.807, 2.05) is 18.7 Å². The molecule has 0 bridgehead atoms. The van der Waals surface area contributed by atoms with Crippen LogP contribution in [0.1, 0.15) is 31.4 Å². The third kappa shape index (κ3) is 5.24. The number of benzene rings is 1. The van der Waals surface area contributed by atoms with E-state index in [4.69, 9.17) is 5.73 Å². The smallest absolute Gasteiger partial charge is 0.255 e. The number of hydrogen-bond acceptors (Lipinski definition) is 11. The van der Waals surface area contributed by atoms with Crippen LogP contribution in [0.25, 0.3) is 5.76 Å². The highest BCUT2D eigenvalue weighted by molar-refractivity contribution is 6.24. The van der Waals surface area contributed by atoms with Crippen LogP contribution in [0.2, 0.25) is 0 Å². The Balaban J connectivity index is 0.00000506. The molecular weight excluding hydrogens is 582 g/mol. The first kappa shape index (κ1) is 33.8. The van der Waals surface area contributed by atoms with Crippen molar-refractivity contribution >= 4 is 52.9 Å². The number of fused-ring (bicyclic) bond motifs is 3. The van der Waals surface area contributed by atoms with Crippen molar-refractivity contribution in [1.29, 1.82) is 0 Å². The maximum atomic E-state index is 14.1. The first-order valence-electron chi connectivity index (χ1n) is 13.8. The number of nitrogens with zero attached hydrogens (tertiary/aromatic N) is 3. The molecule has 4 atom stereocenters. The van der Waals surface area contributed by atoms with E-state index in [1.54, 1.807) is 39.2 Å². The maximum absolute atomic E-state index is 14.1. The van der Waals surface area contributed by atoms with Gasteiger partial charge in [-0.3, -0.25) is 29.0 Å². The van der Waals surface area contributed by atoms with Gasteiger partial charge in [0.05, 0.1) is 23.8 Å². The Kier molecular flexibility index (Phi) is 9.57. The zero-order chi connectivity index (χ0) is 31.4. The van der Waals surface area contributed by atoms with Crippen LogP contribution in [0, 0.1) is 11.8 Å². The number of primary amides is 1. The number of rotatable bonds is 8. The van der Waals surface area contributed by atoms with Crippen LogP contribution in [-0.4, -0.2) is 113 Å². The molecule has 236 valence electrons. The number of Topliss-reactive ketones (excluding diaryl/α,β-unsaturated/α-hetero) is 2. The van der Waals surface area contributed by atoms with Crippen molar-refractivity contribution in [2.24, 2.45) is 17.6 Å². The number of nitrogens with one attached hydrogen (secondary N) is 1. The van der Waals surface area contributed by atoms with Crippen molar-refractivity contribution in [1.82, 2.24) is 9.80 Å². The number of likely N-dealkylation sites (N-methyl/N-ethyl adjacent to an activating group) is 2. The summed E-state index contributed by atoms with van der Waals surface area (Å²) < 4.78 is 0. The largest absolute Gasteiger partial charge is 0.508 e. The second kappa shape index (κ2) is 12.2. The normalized spacial score (nSPS) is 24.8. The third-order valence-electron chi connectivity index (χ3n) is 8.71. The Morgan fingerprint density at radius 3 is 2.21 bits per heavy atom. The third-order valence-corrected chi connectivity index (χ3v) is 8.71. The Morgan fingerprint density at radius 1 is 1.09 bits per heavy atom. The van der Waals surface area contributed by atoms with Gasteiger partial charge in [-0.25, -0.2) is 0 Å². The van der Waals surface area contributed by atoms with E-state index < -0.39 is 63.8 Å². The lowest BCUT2D eigenvalue weighted by Crippen LogP contribution is -2.65. The van der Waals surface area contributed by atoms with Gasteiger partial charge in [0.1, 0.15) is 22.8 Å². The first-order chi connectivity index (χ1) is 19.6. The monoisotopic (exact) mass is 621 g/mol. The van der Waals surface area contributed by atoms with E-state index in [0.29, 0.717) is 24.3 Å². The maximum Gasteiger partial charge on any atom is 0.255 e. The van der Waals surface area contributed by atoms with Crippen LogP contribution in [0.5, 0.6) is 5.75 Å². The molecule has 0 saturated heterocycles. The number of amides is 2. The minimum atomic E-state index is -2.72. The topological polar surface area (TPSA) is 197 Å². The number of anilines is 2. The van der Waals surface area contributed by atoms with Crippen LogP contribution in [0.3, 0.4) is 0 Å². The quantitative estimate of drug-likeness (QED) is 0.177. The lowest BCUT2D eigenvalue weighted by Gasteiger charge is -2.50. The average Bonchev–Trinajstić information content (AvgIpc) is 2.90. The standard InChI is InChI=1S/C29H39N5O8.ClH/c1-7-34(8-2)12-18(35)31-16-11-17(32(3)4)14-9-13-10-15-22(33(5)6)25(38)21(28(30)41)27(40)29(15,42)26(39)19(13)24(37)20(14)23(16)36;/h11,13,15,22,36-37,40,42H,7-10,12H2,1-6H3,(H2,30,41)(H,31,35);1H/t13?,15?,22-,29?;/m0./s1. The Labute approximate surface area is 256 Å². The van der Waals surface area contributed by atoms with Crippen LogP contribution in [-0.2, 0) is 25.6 Å². The molecule has 0 spiro atoms. The number of aromatic hydroxyl groups is 1. The fourth-order valence-corrected chi connectivity index (χ4v) is 6.63. The van der Waals surface area contributed by atoms with Crippen molar-refractivity contribution in [3.8, 4) is 5.75 Å². The molecule has 1 aromatic carbocycles. The summed E-state index contributed by atoms with van der Waals surface area (Å²) in [4.78, 5) is 57.3. The number of ketones is 2. The number of aliphatic hydroxyl groups is 3. The van der Waals surface area contributed by atoms with E-state index in [9.17, 15) is 39.6 Å². The Morgan fingerprint density at radius 2 is 1.70 bits per heavy atom. The lowest BCUT2D eigenvalue weighted by molar-refractivity contribution is -0.153. The number of hydrogen-bond donors (Lipinski definition) is 6. The molecule has 1 saturated carbocycles. The van der Waals surface area contributed by atoms with Gasteiger partial charge in [-0.15, -0.1) is 12.4 Å². The number of halogens is 1. The predicted octanol–water partition coefficient (Wildman–Crippen LogP) is 0.732. The molecule has 13 nitrogen and oxygen atoms in total. The number of nitrogens with two attached hydrogens (primary N) is 1. The van der Waals surface area contributed by atoms with Crippen molar-refractivity contribution in [3.05, 3.63) is 34.1 Å². The molecule has 1 fully saturated rings. The molecule has 2 amide bonds. The molecule has 3 aliphatic carbocycles. The zero-order valence-electron chi connectivity index (χ0n) is 25.1. The van der Waals surface area contributed by atoms with Gasteiger partial charge in [-0.2, -0.15) is 0 Å². The van der Waals surface area contributed by atoms with Gasteiger partial charge in [0.2, 0.25) is 11.7 Å². The van der Waals surface area contributed by atoms with Gasteiger partial charge in [-0.05, 0) is 57.6 Å². The molecular formula is C29H40ClN5O8. The second-order valence-corrected chi connectivity index (χ2v) is 11.5. The number of phenols is 1. The number of carbonyl (C=O) groups excluding carboxylic acids is 4. The Hall–Kier alpha value is -3.65. The van der Waals surface area contributed by atoms with Crippen molar-refractivity contribution in [2.45, 2.75) is 38.3 Å². The molecule has 0 radical (unpaired) electrons. The number of phenolic OH excluding ortho intramolecular Hbond substituents is 1. The summed E-state index contributed by atoms with van der Waals surface area (Å²) >= 11 is 0. The van der Waals surface area contributed by atoms with Gasteiger partial charge in [0.15, 0.2) is 11.4 Å². The van der Waals surface area contributed by atoms with E-state index >= 15 is 0 Å².